The molecule has 176 valence electrons. The van der Waals surface area contributed by atoms with Crippen LogP contribution in [0.5, 0.6) is 11.5 Å². The molecule has 1 aromatic carbocycles. The lowest BCUT2D eigenvalue weighted by Gasteiger charge is -2.41. The zero-order valence-electron chi connectivity index (χ0n) is 18.8. The molecule has 0 saturated carbocycles. The van der Waals surface area contributed by atoms with Gasteiger partial charge in [0.25, 0.3) is 0 Å². The van der Waals surface area contributed by atoms with E-state index in [9.17, 15) is 13.2 Å². The molecule has 1 aromatic heterocycles. The fourth-order valence-corrected chi connectivity index (χ4v) is 5.02. The predicted octanol–water partition coefficient (Wildman–Crippen LogP) is 2.42. The number of nitrogens with zero attached hydrogens (tertiary/aromatic N) is 2. The number of carbonyl (C=O) groups excluding carboxylic acids is 1. The molecule has 3 N–H and O–H groups in total. The topological polar surface area (TPSA) is 133 Å². The summed E-state index contributed by atoms with van der Waals surface area (Å²) in [4.78, 5) is 17.5. The van der Waals surface area contributed by atoms with Crippen molar-refractivity contribution in [1.82, 2.24) is 9.71 Å². The predicted molar refractivity (Wildman–Crippen MR) is 121 cm³/mol. The highest BCUT2D eigenvalue weighted by Crippen LogP contribution is 2.39. The standard InChI is InChI=1S/C21H30N4O6S/c1-21(2,13-24-32(27,28)31-20(22)26)14-6-9-25(10-7-14)17-5-8-23-16-12-19(30-4)18(29-3)11-15(16)17/h5,8,11-12,14,24H,6-7,9-10,13H2,1-4H3,(H2,22,26). The Kier molecular flexibility index (Phi) is 6.99. The van der Waals surface area contributed by atoms with E-state index >= 15 is 0 Å². The summed E-state index contributed by atoms with van der Waals surface area (Å²) in [5.74, 6) is 1.56. The van der Waals surface area contributed by atoms with Crippen molar-refractivity contribution in [3.05, 3.63) is 24.4 Å². The molecule has 0 spiro atoms. The number of methoxy groups -OCH3 is 2. The van der Waals surface area contributed by atoms with Crippen LogP contribution < -0.4 is 24.8 Å². The van der Waals surface area contributed by atoms with Gasteiger partial charge >= 0.3 is 16.4 Å². The molecule has 1 amide bonds. The molecule has 3 rings (SSSR count). The second-order valence-corrected chi connectivity index (χ2v) is 9.85. The van der Waals surface area contributed by atoms with Crippen molar-refractivity contribution in [2.45, 2.75) is 26.7 Å². The lowest BCUT2D eigenvalue weighted by molar-refractivity contribution is 0.176. The van der Waals surface area contributed by atoms with Gasteiger partial charge in [0.2, 0.25) is 0 Å². The molecule has 1 aliphatic heterocycles. The number of aromatic nitrogens is 1. The van der Waals surface area contributed by atoms with Crippen LogP contribution in [0, 0.1) is 11.3 Å². The Morgan fingerprint density at radius 3 is 2.44 bits per heavy atom. The molecule has 0 unspecified atom stereocenters. The minimum Gasteiger partial charge on any atom is -0.493 e. The Morgan fingerprint density at radius 2 is 1.84 bits per heavy atom. The highest BCUT2D eigenvalue weighted by Gasteiger charge is 2.34. The highest BCUT2D eigenvalue weighted by atomic mass is 32.2. The third kappa shape index (κ3) is 5.33. The summed E-state index contributed by atoms with van der Waals surface area (Å²) in [5, 5.41) is 0.985. The number of pyridine rings is 1. The lowest BCUT2D eigenvalue weighted by Crippen LogP contribution is -2.44. The van der Waals surface area contributed by atoms with E-state index in [0.717, 1.165) is 42.5 Å². The zero-order valence-corrected chi connectivity index (χ0v) is 19.6. The second-order valence-electron chi connectivity index (χ2n) is 8.48. The quantitative estimate of drug-likeness (QED) is 0.606. The van der Waals surface area contributed by atoms with Crippen LogP contribution in [-0.2, 0) is 14.5 Å². The Morgan fingerprint density at radius 1 is 1.22 bits per heavy atom. The van der Waals surface area contributed by atoms with Gasteiger partial charge in [-0.2, -0.15) is 13.1 Å². The third-order valence-corrected chi connectivity index (χ3v) is 6.94. The Bertz CT molecular complexity index is 1080. The first-order valence-electron chi connectivity index (χ1n) is 10.3. The van der Waals surface area contributed by atoms with E-state index in [4.69, 9.17) is 15.2 Å². The molecule has 11 heteroatoms. The van der Waals surface area contributed by atoms with Crippen LogP contribution in [0.4, 0.5) is 10.5 Å². The summed E-state index contributed by atoms with van der Waals surface area (Å²) in [6.45, 7) is 5.76. The van der Waals surface area contributed by atoms with Gasteiger partial charge in [-0.15, -0.1) is 0 Å². The minimum atomic E-state index is -4.21. The number of benzene rings is 1. The number of piperidine rings is 1. The van der Waals surface area contributed by atoms with Gasteiger partial charge in [0, 0.05) is 43.0 Å². The van der Waals surface area contributed by atoms with Crippen molar-refractivity contribution in [3.8, 4) is 11.5 Å². The van der Waals surface area contributed by atoms with E-state index in [1.54, 1.807) is 20.4 Å². The highest BCUT2D eigenvalue weighted by molar-refractivity contribution is 7.85. The molecular weight excluding hydrogens is 436 g/mol. The van der Waals surface area contributed by atoms with Crippen molar-refractivity contribution in [2.75, 3.05) is 38.8 Å². The van der Waals surface area contributed by atoms with Crippen LogP contribution in [0.1, 0.15) is 26.7 Å². The van der Waals surface area contributed by atoms with Crippen molar-refractivity contribution < 1.29 is 26.9 Å². The number of carbonyl (C=O) groups is 1. The first-order chi connectivity index (χ1) is 15.1. The molecule has 0 bridgehead atoms. The second kappa shape index (κ2) is 9.37. The SMILES string of the molecule is COc1cc2nccc(N3CCC(C(C)(C)CNS(=O)(=O)OC(N)=O)CC3)c2cc1OC. The van der Waals surface area contributed by atoms with Crippen LogP contribution in [0.15, 0.2) is 24.4 Å². The van der Waals surface area contributed by atoms with E-state index in [1.165, 1.54) is 0 Å². The fraction of sp³-hybridized carbons (Fsp3) is 0.524. The summed E-state index contributed by atoms with van der Waals surface area (Å²) in [7, 11) is -1.00. The average molecular weight is 467 g/mol. The molecule has 0 atom stereocenters. The van der Waals surface area contributed by atoms with Crippen molar-refractivity contribution in [2.24, 2.45) is 17.1 Å². The van der Waals surface area contributed by atoms with Crippen LogP contribution in [0.2, 0.25) is 0 Å². The summed E-state index contributed by atoms with van der Waals surface area (Å²) in [5.41, 5.74) is 6.36. The molecule has 1 fully saturated rings. The molecule has 1 aliphatic rings. The molecule has 1 saturated heterocycles. The number of nitrogens with two attached hydrogens (primary N) is 1. The fourth-order valence-electron chi connectivity index (χ4n) is 4.19. The first kappa shape index (κ1) is 23.9. The maximum atomic E-state index is 11.8. The van der Waals surface area contributed by atoms with Gasteiger partial charge in [0.05, 0.1) is 19.7 Å². The van der Waals surface area contributed by atoms with Gasteiger partial charge in [-0.25, -0.2) is 4.79 Å². The number of rotatable bonds is 8. The Balaban J connectivity index is 1.71. The first-order valence-corrected chi connectivity index (χ1v) is 11.7. The number of ether oxygens (including phenoxy) is 2. The number of fused-ring (bicyclic) bond motifs is 1. The van der Waals surface area contributed by atoms with Gasteiger partial charge < -0.3 is 24.3 Å². The van der Waals surface area contributed by atoms with E-state index in [1.807, 2.05) is 32.0 Å². The molecule has 0 aliphatic carbocycles. The maximum absolute atomic E-state index is 11.8. The molecule has 2 heterocycles. The summed E-state index contributed by atoms with van der Waals surface area (Å²) in [6, 6.07) is 5.81. The van der Waals surface area contributed by atoms with E-state index < -0.39 is 16.4 Å². The summed E-state index contributed by atoms with van der Waals surface area (Å²) < 4.78 is 40.8. The lowest BCUT2D eigenvalue weighted by atomic mass is 9.73. The number of primary amides is 1. The number of amides is 1. The number of hydrogen-bond donors (Lipinski definition) is 2. The zero-order chi connectivity index (χ0) is 23.5. The van der Waals surface area contributed by atoms with Crippen molar-refractivity contribution in [3.63, 3.8) is 0 Å². The summed E-state index contributed by atoms with van der Waals surface area (Å²) >= 11 is 0. The number of nitrogens with one attached hydrogen (secondary N) is 1. The van der Waals surface area contributed by atoms with Crippen LogP contribution in [-0.4, -0.2) is 53.3 Å². The van der Waals surface area contributed by atoms with Gasteiger partial charge in [-0.3, -0.25) is 4.98 Å². The molecule has 32 heavy (non-hydrogen) atoms. The third-order valence-electron chi connectivity index (χ3n) is 6.06. The number of hydrogen-bond acceptors (Lipinski definition) is 8. The van der Waals surface area contributed by atoms with Gasteiger partial charge in [0.15, 0.2) is 11.5 Å². The van der Waals surface area contributed by atoms with E-state index in [-0.39, 0.29) is 17.9 Å². The van der Waals surface area contributed by atoms with Crippen LogP contribution in [0.3, 0.4) is 0 Å². The van der Waals surface area contributed by atoms with Gasteiger partial charge in [-0.05, 0) is 36.3 Å². The largest absolute Gasteiger partial charge is 0.493 e. The minimum absolute atomic E-state index is 0.141. The Labute approximate surface area is 188 Å². The Hall–Kier alpha value is -2.79. The normalized spacial score (nSPS) is 15.6. The molecular formula is C21H30N4O6S. The molecule has 0 radical (unpaired) electrons. The number of anilines is 1. The van der Waals surface area contributed by atoms with Crippen molar-refractivity contribution >= 4 is 33.0 Å². The van der Waals surface area contributed by atoms with Crippen LogP contribution >= 0.6 is 0 Å². The molecule has 10 nitrogen and oxygen atoms in total. The van der Waals surface area contributed by atoms with Crippen molar-refractivity contribution in [1.29, 1.82) is 0 Å². The maximum Gasteiger partial charge on any atom is 0.421 e. The monoisotopic (exact) mass is 466 g/mol. The van der Waals surface area contributed by atoms with E-state index in [0.29, 0.717) is 11.5 Å². The van der Waals surface area contributed by atoms with Gasteiger partial charge in [0.1, 0.15) is 0 Å². The average Bonchev–Trinajstić information content (AvgIpc) is 2.75. The molecule has 2 aromatic rings. The van der Waals surface area contributed by atoms with E-state index in [2.05, 4.69) is 18.8 Å². The summed E-state index contributed by atoms with van der Waals surface area (Å²) in [6.07, 6.45) is 2.18. The van der Waals surface area contributed by atoms with Gasteiger partial charge in [-0.1, -0.05) is 13.8 Å². The smallest absolute Gasteiger partial charge is 0.421 e. The van der Waals surface area contributed by atoms with Crippen LogP contribution in [0.25, 0.3) is 10.9 Å².